The van der Waals surface area contributed by atoms with Gasteiger partial charge in [-0.1, -0.05) is 96.3 Å². The molecule has 4 aromatic rings. The minimum Gasteiger partial charge on any atom is -0.872 e. The number of benzene rings is 4. The van der Waals surface area contributed by atoms with Crippen LogP contribution in [0.1, 0.15) is 102 Å². The van der Waals surface area contributed by atoms with E-state index in [0.717, 1.165) is 44.1 Å². The molecule has 0 aromatic heterocycles. The van der Waals surface area contributed by atoms with Crippen molar-refractivity contribution in [2.24, 2.45) is 0 Å². The summed E-state index contributed by atoms with van der Waals surface area (Å²) in [6.07, 6.45) is 15.2. The minimum atomic E-state index is -4.48. The van der Waals surface area contributed by atoms with Gasteiger partial charge in [-0.15, -0.1) is 5.75 Å². The largest absolute Gasteiger partial charge is 2.00 e. The van der Waals surface area contributed by atoms with E-state index in [-0.39, 0.29) is 59.0 Å². The van der Waals surface area contributed by atoms with Crippen molar-refractivity contribution in [2.45, 2.75) is 114 Å². The molecule has 0 aliphatic carbocycles. The van der Waals surface area contributed by atoms with E-state index in [0.29, 0.717) is 35.0 Å². The number of phenolic OH excluding ortho intramolecular Hbond substituents is 1. The van der Waals surface area contributed by atoms with Gasteiger partial charge >= 0.3 is 37.7 Å². The van der Waals surface area contributed by atoms with E-state index in [1.807, 2.05) is 0 Å². The standard InChI is InChI=1S/2C20H26O5S.Ca/c2*1-2-3-4-5-6-7-9-18-19(21)10-8-11-20(18)25-16-12-14-17(15-13-16)26(22,23)24;/h2*8,10-15,21H,2-7,9H2,1H3,(H,22,23,24);/q;;+2/p-2. The van der Waals surface area contributed by atoms with Crippen LogP contribution in [0.15, 0.2) is 94.7 Å². The number of hydrogen-bond donors (Lipinski definition) is 2. The number of ether oxygens (including phenoxy) is 2. The third-order valence-electron chi connectivity index (χ3n) is 8.45. The summed E-state index contributed by atoms with van der Waals surface area (Å²) in [4.78, 5) is -0.497. The van der Waals surface area contributed by atoms with Crippen LogP contribution in [0, 0.1) is 0 Å². The van der Waals surface area contributed by atoms with E-state index in [4.69, 9.17) is 14.0 Å². The van der Waals surface area contributed by atoms with Crippen LogP contribution in [0.3, 0.4) is 0 Å². The summed E-state index contributed by atoms with van der Waals surface area (Å²) in [5, 5.41) is 22.3. The molecule has 4 rings (SSSR count). The van der Waals surface area contributed by atoms with Crippen molar-refractivity contribution in [3.05, 3.63) is 96.1 Å². The molecule has 2 N–H and O–H groups in total. The molecule has 0 amide bonds. The number of hydrogen-bond acceptors (Lipinski definition) is 9. The molecular formula is C40H50CaO10S2. The topological polar surface area (TPSA) is 173 Å². The van der Waals surface area contributed by atoms with Crippen molar-refractivity contribution in [1.29, 1.82) is 0 Å². The summed E-state index contributed by atoms with van der Waals surface area (Å²) in [5.41, 5.74) is 1.38. The molecule has 53 heavy (non-hydrogen) atoms. The monoisotopic (exact) mass is 794 g/mol. The first-order chi connectivity index (χ1) is 24.8. The number of phenols is 1. The van der Waals surface area contributed by atoms with E-state index in [9.17, 15) is 31.6 Å². The molecule has 284 valence electrons. The van der Waals surface area contributed by atoms with Crippen molar-refractivity contribution < 1.29 is 45.6 Å². The van der Waals surface area contributed by atoms with Gasteiger partial charge in [0.1, 0.15) is 38.9 Å². The third-order valence-corrected chi connectivity index (χ3v) is 10.2. The average Bonchev–Trinajstić information content (AvgIpc) is 3.10. The second kappa shape index (κ2) is 23.8. The molecule has 4 aromatic carbocycles. The Morgan fingerprint density at radius 3 is 1.45 bits per heavy atom. The Labute approximate surface area is 345 Å². The van der Waals surface area contributed by atoms with E-state index in [2.05, 4.69) is 13.8 Å². The molecule has 0 heterocycles. The first kappa shape index (κ1) is 46.3. The molecule has 0 aliphatic rings. The Balaban J connectivity index is 0.000000360. The normalized spacial score (nSPS) is 11.2. The van der Waals surface area contributed by atoms with Crippen molar-refractivity contribution in [2.75, 3.05) is 0 Å². The molecule has 0 spiro atoms. The third kappa shape index (κ3) is 16.6. The van der Waals surface area contributed by atoms with E-state index in [1.54, 1.807) is 30.3 Å². The molecule has 0 saturated heterocycles. The number of rotatable bonds is 20. The van der Waals surface area contributed by atoms with Crippen molar-refractivity contribution in [3.63, 3.8) is 0 Å². The molecule has 0 unspecified atom stereocenters. The van der Waals surface area contributed by atoms with Gasteiger partial charge in [0, 0.05) is 5.56 Å². The van der Waals surface area contributed by atoms with Gasteiger partial charge in [0.15, 0.2) is 0 Å². The average molecular weight is 795 g/mol. The predicted octanol–water partition coefficient (Wildman–Crippen LogP) is 9.31. The fourth-order valence-corrected chi connectivity index (χ4v) is 6.51. The fourth-order valence-electron chi connectivity index (χ4n) is 5.56. The zero-order valence-corrected chi connectivity index (χ0v) is 34.5. The molecule has 13 heteroatoms. The van der Waals surface area contributed by atoms with Gasteiger partial charge in [-0.25, -0.2) is 8.42 Å². The van der Waals surface area contributed by atoms with Gasteiger partial charge in [0.05, 0.1) is 9.79 Å². The Morgan fingerprint density at radius 2 is 0.981 bits per heavy atom. The smallest absolute Gasteiger partial charge is 0.872 e. The van der Waals surface area contributed by atoms with Crippen LogP contribution >= 0.6 is 0 Å². The van der Waals surface area contributed by atoms with Gasteiger partial charge in [0.25, 0.3) is 10.1 Å². The summed E-state index contributed by atoms with van der Waals surface area (Å²) >= 11 is 0. The molecule has 0 saturated carbocycles. The van der Waals surface area contributed by atoms with Gasteiger partial charge in [0.2, 0.25) is 0 Å². The van der Waals surface area contributed by atoms with E-state index < -0.39 is 20.2 Å². The number of unbranched alkanes of at least 4 members (excludes halogenated alkanes) is 10. The molecule has 0 radical (unpaired) electrons. The molecule has 0 fully saturated rings. The molecule has 0 aliphatic heterocycles. The van der Waals surface area contributed by atoms with Gasteiger partial charge in [-0.3, -0.25) is 4.55 Å². The van der Waals surface area contributed by atoms with Crippen LogP contribution < -0.4 is 14.6 Å². The Kier molecular flexibility index (Phi) is 20.8. The summed E-state index contributed by atoms with van der Waals surface area (Å²) in [7, 11) is -8.71. The van der Waals surface area contributed by atoms with Crippen LogP contribution in [0.4, 0.5) is 0 Å². The van der Waals surface area contributed by atoms with Crippen molar-refractivity contribution in [3.8, 4) is 34.5 Å². The Hall–Kier alpha value is -2.84. The summed E-state index contributed by atoms with van der Waals surface area (Å²) in [6.45, 7) is 4.37. The molecule has 10 nitrogen and oxygen atoms in total. The molecule has 0 bridgehead atoms. The maximum atomic E-state index is 12.2. The zero-order chi connectivity index (χ0) is 38.0. The number of aromatic hydroxyl groups is 1. The SMILES string of the molecule is CCCCCCCCc1c(O)cccc1Oc1ccc(S(=O)(=O)O)cc1.CCCCCCCCc1c([O-])cccc1Oc1ccc(S(=O)(=O)[O-])cc1.[Ca+2]. The minimum absolute atomic E-state index is 0. The fraction of sp³-hybridized carbons (Fsp3) is 0.400. The van der Waals surface area contributed by atoms with Gasteiger partial charge in [-0.05, 0) is 98.0 Å². The molecular weight excluding hydrogens is 745 g/mol. The second-order valence-electron chi connectivity index (χ2n) is 12.6. The quantitative estimate of drug-likeness (QED) is 0.0499. The summed E-state index contributed by atoms with van der Waals surface area (Å²) in [5.74, 6) is 1.99. The van der Waals surface area contributed by atoms with Crippen molar-refractivity contribution in [1.82, 2.24) is 0 Å². The van der Waals surface area contributed by atoms with Crippen LogP contribution in [0.5, 0.6) is 34.5 Å². The predicted molar refractivity (Wildman–Crippen MR) is 205 cm³/mol. The zero-order valence-electron chi connectivity index (χ0n) is 30.7. The second-order valence-corrected chi connectivity index (χ2v) is 15.4. The maximum absolute atomic E-state index is 12.2. The Bertz CT molecular complexity index is 1740. The first-order valence-corrected chi connectivity index (χ1v) is 20.8. The van der Waals surface area contributed by atoms with Crippen LogP contribution in [0.25, 0.3) is 0 Å². The van der Waals surface area contributed by atoms with Crippen LogP contribution in [0.2, 0.25) is 0 Å². The van der Waals surface area contributed by atoms with Crippen LogP contribution in [-0.2, 0) is 33.1 Å². The van der Waals surface area contributed by atoms with Crippen molar-refractivity contribution >= 4 is 58.0 Å². The molecule has 0 atom stereocenters. The van der Waals surface area contributed by atoms with Gasteiger partial charge < -0.3 is 24.2 Å². The van der Waals surface area contributed by atoms with Gasteiger partial charge in [-0.2, -0.15) is 8.42 Å². The Morgan fingerprint density at radius 1 is 0.566 bits per heavy atom. The summed E-state index contributed by atoms with van der Waals surface area (Å²) < 4.78 is 75.7. The van der Waals surface area contributed by atoms with E-state index in [1.165, 1.54) is 99.5 Å². The maximum Gasteiger partial charge on any atom is 2.00 e. The van der Waals surface area contributed by atoms with Crippen LogP contribution in [-0.4, -0.2) is 68.8 Å². The van der Waals surface area contributed by atoms with E-state index >= 15 is 0 Å². The first-order valence-electron chi connectivity index (χ1n) is 17.9. The summed E-state index contributed by atoms with van der Waals surface area (Å²) in [6, 6.07) is 20.7.